The standard InChI is InChI=1S/C17H21FN4O2/c18-16-6-2-1-4-13(16)7-8-19-17(23)21-14-10-20-22(11-14)12-15-5-3-9-24-15/h1-2,4,6,10-11,15H,3,5,7-9,12H2,(H2,19,21,23)/t15-/m0/s1. The minimum absolute atomic E-state index is 0.201. The van der Waals surface area contributed by atoms with E-state index in [1.54, 1.807) is 35.3 Å². The van der Waals surface area contributed by atoms with E-state index in [-0.39, 0.29) is 18.0 Å². The molecule has 1 aliphatic rings. The van der Waals surface area contributed by atoms with Crippen LogP contribution in [0.4, 0.5) is 14.9 Å². The molecular weight excluding hydrogens is 311 g/mol. The molecular formula is C17H21FN4O2. The Morgan fingerprint density at radius 3 is 3.08 bits per heavy atom. The van der Waals surface area contributed by atoms with E-state index in [1.165, 1.54) is 6.07 Å². The van der Waals surface area contributed by atoms with Crippen LogP contribution in [0.3, 0.4) is 0 Å². The maximum atomic E-state index is 13.5. The number of rotatable bonds is 6. The van der Waals surface area contributed by atoms with Crippen molar-refractivity contribution in [1.82, 2.24) is 15.1 Å². The molecule has 128 valence electrons. The zero-order valence-corrected chi connectivity index (χ0v) is 13.4. The summed E-state index contributed by atoms with van der Waals surface area (Å²) in [6.07, 6.45) is 6.15. The fraction of sp³-hybridized carbons (Fsp3) is 0.412. The Kier molecular flexibility index (Phi) is 5.43. The number of carbonyl (C=O) groups excluding carboxylic acids is 1. The normalized spacial score (nSPS) is 17.0. The zero-order chi connectivity index (χ0) is 16.8. The molecule has 1 saturated heterocycles. The number of aromatic nitrogens is 2. The number of amides is 2. The highest BCUT2D eigenvalue weighted by molar-refractivity contribution is 5.88. The summed E-state index contributed by atoms with van der Waals surface area (Å²) >= 11 is 0. The van der Waals surface area contributed by atoms with Crippen molar-refractivity contribution in [2.75, 3.05) is 18.5 Å². The molecule has 7 heteroatoms. The molecule has 24 heavy (non-hydrogen) atoms. The van der Waals surface area contributed by atoms with E-state index in [2.05, 4.69) is 15.7 Å². The van der Waals surface area contributed by atoms with Crippen molar-refractivity contribution >= 4 is 11.7 Å². The third kappa shape index (κ3) is 4.55. The minimum Gasteiger partial charge on any atom is -0.376 e. The topological polar surface area (TPSA) is 68.2 Å². The van der Waals surface area contributed by atoms with Gasteiger partial charge in [-0.3, -0.25) is 4.68 Å². The van der Waals surface area contributed by atoms with Gasteiger partial charge in [-0.25, -0.2) is 9.18 Å². The van der Waals surface area contributed by atoms with E-state index >= 15 is 0 Å². The van der Waals surface area contributed by atoms with E-state index in [1.807, 2.05) is 0 Å². The number of benzene rings is 1. The molecule has 0 saturated carbocycles. The van der Waals surface area contributed by atoms with Gasteiger partial charge in [0.15, 0.2) is 0 Å². The van der Waals surface area contributed by atoms with Crippen LogP contribution in [0.25, 0.3) is 0 Å². The van der Waals surface area contributed by atoms with Gasteiger partial charge in [0, 0.05) is 19.3 Å². The Hall–Kier alpha value is -2.41. The molecule has 2 amide bonds. The van der Waals surface area contributed by atoms with E-state index in [4.69, 9.17) is 4.74 Å². The third-order valence-electron chi connectivity index (χ3n) is 3.94. The van der Waals surface area contributed by atoms with Gasteiger partial charge in [-0.15, -0.1) is 0 Å². The highest BCUT2D eigenvalue weighted by atomic mass is 19.1. The van der Waals surface area contributed by atoms with Crippen molar-refractivity contribution < 1.29 is 13.9 Å². The van der Waals surface area contributed by atoms with Gasteiger partial charge in [0.25, 0.3) is 0 Å². The van der Waals surface area contributed by atoms with Crippen molar-refractivity contribution in [3.8, 4) is 0 Å². The van der Waals surface area contributed by atoms with E-state index in [0.717, 1.165) is 19.4 Å². The zero-order valence-electron chi connectivity index (χ0n) is 13.4. The summed E-state index contributed by atoms with van der Waals surface area (Å²) < 4.78 is 20.8. The number of hydrogen-bond donors (Lipinski definition) is 2. The van der Waals surface area contributed by atoms with Gasteiger partial charge in [-0.05, 0) is 30.9 Å². The van der Waals surface area contributed by atoms with E-state index < -0.39 is 0 Å². The van der Waals surface area contributed by atoms with Crippen LogP contribution in [0.5, 0.6) is 0 Å². The maximum absolute atomic E-state index is 13.5. The number of urea groups is 1. The number of nitrogens with zero attached hydrogens (tertiary/aromatic N) is 2. The molecule has 2 heterocycles. The first-order chi connectivity index (χ1) is 11.7. The molecule has 1 aromatic heterocycles. The SMILES string of the molecule is O=C(NCCc1ccccc1F)Nc1cnn(C[C@@H]2CCCO2)c1. The number of halogens is 1. The smallest absolute Gasteiger partial charge is 0.319 e. The lowest BCUT2D eigenvalue weighted by molar-refractivity contribution is 0.0940. The van der Waals surface area contributed by atoms with Crippen LogP contribution in [0, 0.1) is 5.82 Å². The Bertz CT molecular complexity index is 683. The molecule has 0 radical (unpaired) electrons. The van der Waals surface area contributed by atoms with Crippen LogP contribution in [0.1, 0.15) is 18.4 Å². The summed E-state index contributed by atoms with van der Waals surface area (Å²) in [5.74, 6) is -0.255. The van der Waals surface area contributed by atoms with Crippen LogP contribution in [-0.4, -0.2) is 35.1 Å². The fourth-order valence-corrected chi connectivity index (χ4v) is 2.71. The highest BCUT2D eigenvalue weighted by Gasteiger charge is 2.16. The maximum Gasteiger partial charge on any atom is 0.319 e. The van der Waals surface area contributed by atoms with Gasteiger partial charge in [0.05, 0.1) is 24.5 Å². The summed E-state index contributed by atoms with van der Waals surface area (Å²) in [4.78, 5) is 11.9. The number of hydrogen-bond acceptors (Lipinski definition) is 3. The van der Waals surface area contributed by atoms with Crippen LogP contribution in [0.15, 0.2) is 36.7 Å². The molecule has 0 spiro atoms. The number of carbonyl (C=O) groups is 1. The second-order valence-corrected chi connectivity index (χ2v) is 5.81. The molecule has 3 rings (SSSR count). The highest BCUT2D eigenvalue weighted by Crippen LogP contribution is 2.15. The number of ether oxygens (including phenoxy) is 1. The fourth-order valence-electron chi connectivity index (χ4n) is 2.71. The quantitative estimate of drug-likeness (QED) is 0.854. The van der Waals surface area contributed by atoms with Crippen molar-refractivity contribution in [3.05, 3.63) is 48.0 Å². The Morgan fingerprint density at radius 1 is 1.42 bits per heavy atom. The second kappa shape index (κ2) is 7.92. The summed E-state index contributed by atoms with van der Waals surface area (Å²) in [5.41, 5.74) is 1.21. The third-order valence-corrected chi connectivity index (χ3v) is 3.94. The molecule has 2 aromatic rings. The van der Waals surface area contributed by atoms with E-state index in [0.29, 0.717) is 30.8 Å². The van der Waals surface area contributed by atoms with Gasteiger partial charge in [-0.1, -0.05) is 18.2 Å². The largest absolute Gasteiger partial charge is 0.376 e. The molecule has 6 nitrogen and oxygen atoms in total. The van der Waals surface area contributed by atoms with Crippen molar-refractivity contribution in [2.24, 2.45) is 0 Å². The van der Waals surface area contributed by atoms with Crippen LogP contribution >= 0.6 is 0 Å². The summed E-state index contributed by atoms with van der Waals surface area (Å²) in [5, 5.41) is 9.65. The van der Waals surface area contributed by atoms with E-state index in [9.17, 15) is 9.18 Å². The van der Waals surface area contributed by atoms with Gasteiger partial charge < -0.3 is 15.4 Å². The summed E-state index contributed by atoms with van der Waals surface area (Å²) in [6, 6.07) is 6.22. The van der Waals surface area contributed by atoms with Gasteiger partial charge in [-0.2, -0.15) is 5.10 Å². The first-order valence-corrected chi connectivity index (χ1v) is 8.13. The average molecular weight is 332 g/mol. The lowest BCUT2D eigenvalue weighted by Crippen LogP contribution is -2.30. The van der Waals surface area contributed by atoms with Gasteiger partial charge >= 0.3 is 6.03 Å². The summed E-state index contributed by atoms with van der Waals surface area (Å²) in [7, 11) is 0. The molecule has 1 atom stereocenters. The first-order valence-electron chi connectivity index (χ1n) is 8.13. The van der Waals surface area contributed by atoms with Gasteiger partial charge in [0.1, 0.15) is 5.82 Å². The predicted molar refractivity (Wildman–Crippen MR) is 88.3 cm³/mol. The monoisotopic (exact) mass is 332 g/mol. The van der Waals surface area contributed by atoms with Crippen LogP contribution < -0.4 is 10.6 Å². The Labute approximate surface area is 140 Å². The summed E-state index contributed by atoms with van der Waals surface area (Å²) in [6.45, 7) is 1.86. The molecule has 0 aliphatic carbocycles. The van der Waals surface area contributed by atoms with Crippen molar-refractivity contribution in [1.29, 1.82) is 0 Å². The number of nitrogens with one attached hydrogen (secondary N) is 2. The molecule has 1 aromatic carbocycles. The molecule has 1 fully saturated rings. The minimum atomic E-state index is -0.331. The Balaban J connectivity index is 1.41. The average Bonchev–Trinajstić information content (AvgIpc) is 3.22. The lowest BCUT2D eigenvalue weighted by Gasteiger charge is -2.08. The molecule has 2 N–H and O–H groups in total. The van der Waals surface area contributed by atoms with Crippen molar-refractivity contribution in [2.45, 2.75) is 31.9 Å². The Morgan fingerprint density at radius 2 is 2.29 bits per heavy atom. The molecule has 0 unspecified atom stereocenters. The molecule has 0 bridgehead atoms. The second-order valence-electron chi connectivity index (χ2n) is 5.81. The van der Waals surface area contributed by atoms with Crippen LogP contribution in [-0.2, 0) is 17.7 Å². The first kappa shape index (κ1) is 16.4. The van der Waals surface area contributed by atoms with Crippen LogP contribution in [0.2, 0.25) is 0 Å². The predicted octanol–water partition coefficient (Wildman–Crippen LogP) is 2.57. The molecule has 1 aliphatic heterocycles. The lowest BCUT2D eigenvalue weighted by atomic mass is 10.1. The number of anilines is 1. The van der Waals surface area contributed by atoms with Crippen molar-refractivity contribution in [3.63, 3.8) is 0 Å². The van der Waals surface area contributed by atoms with Gasteiger partial charge in [0.2, 0.25) is 0 Å².